The molecule has 2 rings (SSSR count). The third-order valence-corrected chi connectivity index (χ3v) is 3.59. The lowest BCUT2D eigenvalue weighted by molar-refractivity contribution is -0.137. The van der Waals surface area contributed by atoms with E-state index in [2.05, 4.69) is 6.92 Å². The van der Waals surface area contributed by atoms with Crippen LogP contribution >= 0.6 is 11.6 Å². The van der Waals surface area contributed by atoms with E-state index in [0.717, 1.165) is 28.9 Å². The van der Waals surface area contributed by atoms with Crippen molar-refractivity contribution in [2.24, 2.45) is 0 Å². The Morgan fingerprint density at radius 3 is 2.12 bits per heavy atom. The molecule has 0 saturated carbocycles. The van der Waals surface area contributed by atoms with E-state index in [4.69, 9.17) is 21.1 Å². The van der Waals surface area contributed by atoms with E-state index < -0.39 is 0 Å². The molecule has 0 aliphatic carbocycles. The molecule has 24 heavy (non-hydrogen) atoms. The Morgan fingerprint density at radius 2 is 1.58 bits per heavy atom. The van der Waals surface area contributed by atoms with Crippen molar-refractivity contribution in [2.45, 2.75) is 20.3 Å². The Labute approximate surface area is 147 Å². The molecule has 0 aliphatic heterocycles. The number of hydrogen-bond acceptors (Lipinski definition) is 3. The normalized spacial score (nSPS) is 11.2. The smallest absolute Gasteiger partial charge is 0.331 e. The van der Waals surface area contributed by atoms with E-state index in [9.17, 15) is 4.79 Å². The Morgan fingerprint density at radius 1 is 1.00 bits per heavy atom. The van der Waals surface area contributed by atoms with Crippen molar-refractivity contribution >= 4 is 23.1 Å². The first-order valence-electron chi connectivity index (χ1n) is 8.01. The fraction of sp³-hybridized carbons (Fsp3) is 0.250. The van der Waals surface area contributed by atoms with Crippen molar-refractivity contribution < 1.29 is 14.3 Å². The molecule has 0 bridgehead atoms. The number of esters is 1. The van der Waals surface area contributed by atoms with E-state index in [1.54, 1.807) is 19.1 Å². The molecule has 0 radical (unpaired) electrons. The van der Waals surface area contributed by atoms with Gasteiger partial charge in [-0.25, -0.2) is 4.79 Å². The van der Waals surface area contributed by atoms with Gasteiger partial charge in [-0.15, -0.1) is 0 Å². The summed E-state index contributed by atoms with van der Waals surface area (Å²) in [5, 5.41) is 0.651. The van der Waals surface area contributed by atoms with Crippen LogP contribution in [0.3, 0.4) is 0 Å². The van der Waals surface area contributed by atoms with Gasteiger partial charge in [0.15, 0.2) is 0 Å². The van der Waals surface area contributed by atoms with Gasteiger partial charge in [0.2, 0.25) is 0 Å². The molecule has 126 valence electrons. The first-order chi connectivity index (χ1) is 11.6. The lowest BCUT2D eigenvalue weighted by atomic mass is 9.97. The number of carbonyl (C=O) groups excluding carboxylic acids is 1. The highest BCUT2D eigenvalue weighted by atomic mass is 35.5. The third-order valence-electron chi connectivity index (χ3n) is 3.34. The van der Waals surface area contributed by atoms with Crippen LogP contribution in [0.4, 0.5) is 0 Å². The van der Waals surface area contributed by atoms with Crippen LogP contribution in [0.15, 0.2) is 54.6 Å². The van der Waals surface area contributed by atoms with Crippen LogP contribution in [0.1, 0.15) is 31.4 Å². The van der Waals surface area contributed by atoms with Gasteiger partial charge in [-0.3, -0.25) is 0 Å². The predicted molar refractivity (Wildman–Crippen MR) is 97.4 cm³/mol. The SMILES string of the molecule is CCCOc1ccc(C(=CC(=O)OCC)c2ccc(Cl)cc2)cc1. The summed E-state index contributed by atoms with van der Waals surface area (Å²) < 4.78 is 10.7. The molecular formula is C20H21ClO3. The lowest BCUT2D eigenvalue weighted by Gasteiger charge is -2.10. The van der Waals surface area contributed by atoms with Gasteiger partial charge in [-0.05, 0) is 54.3 Å². The zero-order valence-corrected chi connectivity index (χ0v) is 14.7. The molecule has 2 aromatic rings. The van der Waals surface area contributed by atoms with Crippen LogP contribution in [0, 0.1) is 0 Å². The summed E-state index contributed by atoms with van der Waals surface area (Å²) in [6.07, 6.45) is 2.47. The monoisotopic (exact) mass is 344 g/mol. The second-order valence-corrected chi connectivity index (χ2v) is 5.63. The minimum atomic E-state index is -0.367. The number of hydrogen-bond donors (Lipinski definition) is 0. The molecule has 0 fully saturated rings. The summed E-state index contributed by atoms with van der Waals surface area (Å²) >= 11 is 5.96. The van der Waals surface area contributed by atoms with Crippen LogP contribution in [-0.4, -0.2) is 19.2 Å². The van der Waals surface area contributed by atoms with Crippen LogP contribution in [0.2, 0.25) is 5.02 Å². The highest BCUT2D eigenvalue weighted by Crippen LogP contribution is 2.26. The van der Waals surface area contributed by atoms with E-state index >= 15 is 0 Å². The molecule has 2 aromatic carbocycles. The average Bonchev–Trinajstić information content (AvgIpc) is 2.60. The van der Waals surface area contributed by atoms with Crippen LogP contribution in [0.25, 0.3) is 5.57 Å². The molecule has 0 aliphatic rings. The molecule has 0 unspecified atom stereocenters. The lowest BCUT2D eigenvalue weighted by Crippen LogP contribution is -2.02. The van der Waals surface area contributed by atoms with Crippen molar-refractivity contribution in [3.05, 3.63) is 70.8 Å². The maximum atomic E-state index is 11.9. The summed E-state index contributed by atoms with van der Waals surface area (Å²) in [6.45, 7) is 4.87. The molecule has 0 atom stereocenters. The van der Waals surface area contributed by atoms with Crippen LogP contribution in [0.5, 0.6) is 5.75 Å². The van der Waals surface area contributed by atoms with Crippen molar-refractivity contribution in [1.29, 1.82) is 0 Å². The molecular weight excluding hydrogens is 324 g/mol. The number of rotatable bonds is 7. The first-order valence-corrected chi connectivity index (χ1v) is 8.39. The van der Waals surface area contributed by atoms with Crippen molar-refractivity contribution in [3.63, 3.8) is 0 Å². The second-order valence-electron chi connectivity index (χ2n) is 5.19. The van der Waals surface area contributed by atoms with E-state index in [1.165, 1.54) is 6.08 Å². The summed E-state index contributed by atoms with van der Waals surface area (Å²) in [4.78, 5) is 11.9. The van der Waals surface area contributed by atoms with E-state index in [-0.39, 0.29) is 5.97 Å². The minimum absolute atomic E-state index is 0.340. The molecule has 0 amide bonds. The highest BCUT2D eigenvalue weighted by Gasteiger charge is 2.09. The predicted octanol–water partition coefficient (Wildman–Crippen LogP) is 5.12. The Bertz CT molecular complexity index is 688. The Hall–Kier alpha value is -2.26. The second kappa shape index (κ2) is 9.14. The van der Waals surface area contributed by atoms with Gasteiger partial charge in [0.05, 0.1) is 13.2 Å². The summed E-state index contributed by atoms with van der Waals surface area (Å²) in [5.74, 6) is 0.445. The molecule has 3 nitrogen and oxygen atoms in total. The number of halogens is 1. The first kappa shape index (κ1) is 18.1. The van der Waals surface area contributed by atoms with Gasteiger partial charge in [0.1, 0.15) is 5.75 Å². The maximum Gasteiger partial charge on any atom is 0.331 e. The summed E-state index contributed by atoms with van der Waals surface area (Å²) in [5.41, 5.74) is 2.59. The van der Waals surface area contributed by atoms with Crippen LogP contribution in [-0.2, 0) is 9.53 Å². The quantitative estimate of drug-likeness (QED) is 0.516. The van der Waals surface area contributed by atoms with Crippen molar-refractivity contribution in [2.75, 3.05) is 13.2 Å². The van der Waals surface area contributed by atoms with Gasteiger partial charge >= 0.3 is 5.97 Å². The van der Waals surface area contributed by atoms with Crippen LogP contribution < -0.4 is 4.74 Å². The summed E-state index contributed by atoms with van der Waals surface area (Å²) in [7, 11) is 0. The molecule has 0 N–H and O–H groups in total. The fourth-order valence-electron chi connectivity index (χ4n) is 2.22. The maximum absolute atomic E-state index is 11.9. The molecule has 4 heteroatoms. The molecule has 0 heterocycles. The average molecular weight is 345 g/mol. The van der Waals surface area contributed by atoms with Gasteiger partial charge in [-0.2, -0.15) is 0 Å². The zero-order valence-electron chi connectivity index (χ0n) is 13.9. The van der Waals surface area contributed by atoms with Crippen molar-refractivity contribution in [1.82, 2.24) is 0 Å². The fourth-order valence-corrected chi connectivity index (χ4v) is 2.34. The molecule has 0 spiro atoms. The van der Waals surface area contributed by atoms with E-state index in [0.29, 0.717) is 18.2 Å². The minimum Gasteiger partial charge on any atom is -0.494 e. The summed E-state index contributed by atoms with van der Waals surface area (Å²) in [6, 6.07) is 15.0. The topological polar surface area (TPSA) is 35.5 Å². The van der Waals surface area contributed by atoms with Gasteiger partial charge in [0.25, 0.3) is 0 Å². The molecule has 0 saturated heterocycles. The van der Waals surface area contributed by atoms with E-state index in [1.807, 2.05) is 36.4 Å². The zero-order chi connectivity index (χ0) is 17.4. The Balaban J connectivity index is 2.34. The largest absolute Gasteiger partial charge is 0.494 e. The highest BCUT2D eigenvalue weighted by molar-refractivity contribution is 6.30. The number of ether oxygens (including phenoxy) is 2. The number of benzene rings is 2. The number of carbonyl (C=O) groups is 1. The van der Waals surface area contributed by atoms with Crippen molar-refractivity contribution in [3.8, 4) is 5.75 Å². The standard InChI is InChI=1S/C20H21ClO3/c1-3-13-24-18-11-7-16(8-12-18)19(14-20(22)23-4-2)15-5-9-17(21)10-6-15/h5-12,14H,3-4,13H2,1-2H3. The third kappa shape index (κ3) is 5.14. The van der Waals surface area contributed by atoms with Gasteiger partial charge in [0, 0.05) is 11.1 Å². The molecule has 0 aromatic heterocycles. The van der Waals surface area contributed by atoms with Gasteiger partial charge in [-0.1, -0.05) is 42.8 Å². The van der Waals surface area contributed by atoms with Gasteiger partial charge < -0.3 is 9.47 Å². The Kier molecular flexibility index (Phi) is 6.89.